The average molecular weight is 285 g/mol. The second-order valence-corrected chi connectivity index (χ2v) is 4.49. The molecule has 0 radical (unpaired) electrons. The van der Waals surface area contributed by atoms with Gasteiger partial charge in [-0.15, -0.1) is 0 Å². The lowest BCUT2D eigenvalue weighted by molar-refractivity contribution is 0.0696. The topological polar surface area (TPSA) is 74.7 Å². The quantitative estimate of drug-likeness (QED) is 0.859. The molecule has 0 aliphatic carbocycles. The SMILES string of the molecule is O=C(O)c1ccc(N2C(=O)c3ccc(F)cc3C2=O)cc1. The zero-order valence-corrected chi connectivity index (χ0v) is 10.5. The molecule has 0 fully saturated rings. The number of fused-ring (bicyclic) bond motifs is 1. The Kier molecular flexibility index (Phi) is 2.79. The molecule has 0 bridgehead atoms. The van der Waals surface area contributed by atoms with Crippen molar-refractivity contribution >= 4 is 23.5 Å². The summed E-state index contributed by atoms with van der Waals surface area (Å²) in [6, 6.07) is 8.70. The van der Waals surface area contributed by atoms with Gasteiger partial charge in [-0.1, -0.05) is 0 Å². The van der Waals surface area contributed by atoms with E-state index in [9.17, 15) is 18.8 Å². The van der Waals surface area contributed by atoms with Gasteiger partial charge in [-0.25, -0.2) is 14.1 Å². The molecule has 0 saturated heterocycles. The number of amides is 2. The Hall–Kier alpha value is -3.02. The van der Waals surface area contributed by atoms with Crippen LogP contribution in [0.15, 0.2) is 42.5 Å². The number of hydrogen-bond donors (Lipinski definition) is 1. The fourth-order valence-electron chi connectivity index (χ4n) is 2.20. The lowest BCUT2D eigenvalue weighted by atomic mass is 10.1. The maximum Gasteiger partial charge on any atom is 0.335 e. The van der Waals surface area contributed by atoms with Gasteiger partial charge < -0.3 is 5.11 Å². The minimum absolute atomic E-state index is 0.00214. The number of anilines is 1. The van der Waals surface area contributed by atoms with Crippen LogP contribution in [-0.2, 0) is 0 Å². The molecule has 0 unspecified atom stereocenters. The fraction of sp³-hybridized carbons (Fsp3) is 0. The first kappa shape index (κ1) is 13.0. The van der Waals surface area contributed by atoms with Crippen molar-refractivity contribution in [2.45, 2.75) is 0 Å². The molecule has 0 atom stereocenters. The van der Waals surface area contributed by atoms with Crippen LogP contribution in [0.25, 0.3) is 0 Å². The summed E-state index contributed by atoms with van der Waals surface area (Å²) in [5.74, 6) is -2.89. The van der Waals surface area contributed by atoms with Crippen molar-refractivity contribution < 1.29 is 23.9 Å². The van der Waals surface area contributed by atoms with E-state index in [0.29, 0.717) is 0 Å². The number of benzene rings is 2. The number of hydrogen-bond acceptors (Lipinski definition) is 3. The van der Waals surface area contributed by atoms with Crippen LogP contribution in [0.5, 0.6) is 0 Å². The Labute approximate surface area is 118 Å². The minimum Gasteiger partial charge on any atom is -0.478 e. The zero-order valence-electron chi connectivity index (χ0n) is 10.5. The van der Waals surface area contributed by atoms with Gasteiger partial charge in [0.2, 0.25) is 0 Å². The van der Waals surface area contributed by atoms with Crippen LogP contribution >= 0.6 is 0 Å². The van der Waals surface area contributed by atoms with Crippen LogP contribution in [0.3, 0.4) is 0 Å². The second-order valence-electron chi connectivity index (χ2n) is 4.49. The van der Waals surface area contributed by atoms with Crippen molar-refractivity contribution in [1.29, 1.82) is 0 Å². The van der Waals surface area contributed by atoms with E-state index in [4.69, 9.17) is 5.11 Å². The first-order chi connectivity index (χ1) is 9.99. The lowest BCUT2D eigenvalue weighted by Gasteiger charge is -2.13. The van der Waals surface area contributed by atoms with Gasteiger partial charge in [0.05, 0.1) is 22.4 Å². The van der Waals surface area contributed by atoms with Crippen molar-refractivity contribution in [2.24, 2.45) is 0 Å². The van der Waals surface area contributed by atoms with Crippen LogP contribution in [0, 0.1) is 5.82 Å². The van der Waals surface area contributed by atoms with Gasteiger partial charge in [0.15, 0.2) is 0 Å². The summed E-state index contributed by atoms with van der Waals surface area (Å²) in [6.45, 7) is 0. The Balaban J connectivity index is 2.03. The highest BCUT2D eigenvalue weighted by Gasteiger charge is 2.36. The Morgan fingerprint density at radius 1 is 0.952 bits per heavy atom. The van der Waals surface area contributed by atoms with Crippen LogP contribution in [0.2, 0.25) is 0 Å². The normalized spacial score (nSPS) is 13.5. The summed E-state index contributed by atoms with van der Waals surface area (Å²) in [5.41, 5.74) is 0.416. The fourth-order valence-corrected chi connectivity index (χ4v) is 2.20. The predicted molar refractivity (Wildman–Crippen MR) is 70.9 cm³/mol. The minimum atomic E-state index is -1.11. The van der Waals surface area contributed by atoms with Gasteiger partial charge in [-0.2, -0.15) is 0 Å². The molecular formula is C15H8FNO4. The summed E-state index contributed by atoms with van der Waals surface area (Å²) in [6.07, 6.45) is 0. The summed E-state index contributed by atoms with van der Waals surface area (Å²) < 4.78 is 13.2. The number of carbonyl (C=O) groups is 3. The molecule has 6 heteroatoms. The molecule has 0 spiro atoms. The third-order valence-electron chi connectivity index (χ3n) is 3.22. The highest BCUT2D eigenvalue weighted by Crippen LogP contribution is 2.28. The Morgan fingerprint density at radius 3 is 2.19 bits per heavy atom. The highest BCUT2D eigenvalue weighted by atomic mass is 19.1. The molecule has 0 saturated carbocycles. The van der Waals surface area contributed by atoms with Gasteiger partial charge >= 0.3 is 5.97 Å². The monoisotopic (exact) mass is 285 g/mol. The average Bonchev–Trinajstić information content (AvgIpc) is 2.70. The number of carboxylic acids is 1. The van der Waals surface area contributed by atoms with E-state index in [1.807, 2.05) is 0 Å². The van der Waals surface area contributed by atoms with E-state index in [1.54, 1.807) is 0 Å². The molecule has 1 N–H and O–H groups in total. The van der Waals surface area contributed by atoms with Gasteiger partial charge in [0.25, 0.3) is 11.8 Å². The molecule has 2 amide bonds. The summed E-state index contributed by atoms with van der Waals surface area (Å²) >= 11 is 0. The molecule has 2 aromatic rings. The molecule has 104 valence electrons. The van der Waals surface area contributed by atoms with E-state index < -0.39 is 23.6 Å². The van der Waals surface area contributed by atoms with Gasteiger partial charge in [-0.05, 0) is 42.5 Å². The molecule has 21 heavy (non-hydrogen) atoms. The number of imide groups is 1. The smallest absolute Gasteiger partial charge is 0.335 e. The van der Waals surface area contributed by atoms with E-state index in [2.05, 4.69) is 0 Å². The predicted octanol–water partition coefficient (Wildman–Crippen LogP) is 2.32. The van der Waals surface area contributed by atoms with E-state index in [-0.39, 0.29) is 22.4 Å². The van der Waals surface area contributed by atoms with Crippen molar-refractivity contribution in [2.75, 3.05) is 4.90 Å². The largest absolute Gasteiger partial charge is 0.478 e. The van der Waals surface area contributed by atoms with Crippen LogP contribution < -0.4 is 4.90 Å². The number of nitrogens with zero attached hydrogens (tertiary/aromatic N) is 1. The number of carboxylic acid groups (broad SMARTS) is 1. The van der Waals surface area contributed by atoms with E-state index in [1.165, 1.54) is 30.3 Å². The second kappa shape index (κ2) is 4.52. The first-order valence-electron chi connectivity index (χ1n) is 6.01. The zero-order chi connectivity index (χ0) is 15.1. The molecule has 1 heterocycles. The van der Waals surface area contributed by atoms with Crippen LogP contribution in [-0.4, -0.2) is 22.9 Å². The van der Waals surface area contributed by atoms with Gasteiger partial charge in [0.1, 0.15) is 5.82 Å². The molecule has 2 aromatic carbocycles. The van der Waals surface area contributed by atoms with Crippen molar-refractivity contribution in [1.82, 2.24) is 0 Å². The van der Waals surface area contributed by atoms with Crippen molar-refractivity contribution in [3.63, 3.8) is 0 Å². The standard InChI is InChI=1S/C15H8FNO4/c16-9-3-6-11-12(7-9)14(19)17(13(11)18)10-4-1-8(2-5-10)15(20)21/h1-7H,(H,20,21). The number of carbonyl (C=O) groups excluding carboxylic acids is 2. The maximum atomic E-state index is 13.2. The maximum absolute atomic E-state index is 13.2. The highest BCUT2D eigenvalue weighted by molar-refractivity contribution is 6.34. The molecule has 5 nitrogen and oxygen atoms in total. The van der Waals surface area contributed by atoms with Crippen LogP contribution in [0.1, 0.15) is 31.1 Å². The molecule has 0 aromatic heterocycles. The van der Waals surface area contributed by atoms with Crippen molar-refractivity contribution in [3.8, 4) is 0 Å². The third-order valence-corrected chi connectivity index (χ3v) is 3.22. The molecule has 1 aliphatic heterocycles. The number of aromatic carboxylic acids is 1. The van der Waals surface area contributed by atoms with Crippen molar-refractivity contribution in [3.05, 3.63) is 65.0 Å². The number of rotatable bonds is 2. The third kappa shape index (κ3) is 1.97. The molecule has 1 aliphatic rings. The number of halogens is 1. The molecule has 3 rings (SSSR count). The summed E-state index contributed by atoms with van der Waals surface area (Å²) in [4.78, 5) is 36.1. The van der Waals surface area contributed by atoms with Crippen LogP contribution in [0.4, 0.5) is 10.1 Å². The van der Waals surface area contributed by atoms with E-state index in [0.717, 1.165) is 17.0 Å². The summed E-state index contributed by atoms with van der Waals surface area (Å²) in [7, 11) is 0. The molecular weight excluding hydrogens is 277 g/mol. The Bertz CT molecular complexity index is 783. The lowest BCUT2D eigenvalue weighted by Crippen LogP contribution is -2.29. The van der Waals surface area contributed by atoms with E-state index >= 15 is 0 Å². The van der Waals surface area contributed by atoms with Gasteiger partial charge in [0, 0.05) is 0 Å². The first-order valence-corrected chi connectivity index (χ1v) is 6.01. The Morgan fingerprint density at radius 2 is 1.57 bits per heavy atom. The van der Waals surface area contributed by atoms with Gasteiger partial charge in [-0.3, -0.25) is 9.59 Å². The summed E-state index contributed by atoms with van der Waals surface area (Å²) in [5, 5.41) is 8.83.